The van der Waals surface area contributed by atoms with Crippen LogP contribution in [-0.4, -0.2) is 22.7 Å². The summed E-state index contributed by atoms with van der Waals surface area (Å²) < 4.78 is 1.69. The molecule has 1 aromatic heterocycles. The van der Waals surface area contributed by atoms with Crippen molar-refractivity contribution in [3.8, 4) is 0 Å². The number of amides is 1. The summed E-state index contributed by atoms with van der Waals surface area (Å²) >= 11 is 0. The van der Waals surface area contributed by atoms with Crippen LogP contribution in [0.25, 0.3) is 0 Å². The number of rotatable bonds is 4. The Morgan fingerprint density at radius 3 is 2.26 bits per heavy atom. The number of aromatic nitrogens is 2. The molecule has 1 heterocycles. The summed E-state index contributed by atoms with van der Waals surface area (Å²) in [4.78, 5) is 12.4. The second kappa shape index (κ2) is 7.62. The summed E-state index contributed by atoms with van der Waals surface area (Å²) in [6.07, 6.45) is 3.53. The van der Waals surface area contributed by atoms with Gasteiger partial charge in [-0.3, -0.25) is 9.48 Å². The van der Waals surface area contributed by atoms with E-state index in [1.165, 1.54) is 5.56 Å². The number of hydrogen-bond donors (Lipinski definition) is 2. The lowest BCUT2D eigenvalue weighted by molar-refractivity contribution is -0.118. The number of aryl methyl sites for hydroxylation is 1. The van der Waals surface area contributed by atoms with E-state index in [2.05, 4.69) is 36.5 Å². The van der Waals surface area contributed by atoms with E-state index in [-0.39, 0.29) is 23.7 Å². The first-order valence-corrected chi connectivity index (χ1v) is 7.38. The Balaban J connectivity index is 0.00000264. The largest absolute Gasteiger partial charge is 0.324 e. The molecule has 0 aliphatic rings. The smallest absolute Gasteiger partial charge is 0.246 e. The predicted molar refractivity (Wildman–Crippen MR) is 96.0 cm³/mol. The van der Waals surface area contributed by atoms with Gasteiger partial charge in [-0.15, -0.1) is 12.4 Å². The average molecular weight is 337 g/mol. The predicted octanol–water partition coefficient (Wildman–Crippen LogP) is 3.04. The van der Waals surface area contributed by atoms with Crippen molar-refractivity contribution in [2.75, 3.05) is 12.4 Å². The van der Waals surface area contributed by atoms with Crippen molar-refractivity contribution in [2.45, 2.75) is 32.2 Å². The Morgan fingerprint density at radius 1 is 1.22 bits per heavy atom. The van der Waals surface area contributed by atoms with Gasteiger partial charge in [0.2, 0.25) is 5.91 Å². The van der Waals surface area contributed by atoms with Gasteiger partial charge in [0.05, 0.1) is 6.20 Å². The number of hydrogen-bond acceptors (Lipinski definition) is 3. The number of benzene rings is 1. The Labute approximate surface area is 143 Å². The summed E-state index contributed by atoms with van der Waals surface area (Å²) in [7, 11) is 3.60. The summed E-state index contributed by atoms with van der Waals surface area (Å²) in [5.74, 6) is -0.0981. The summed E-state index contributed by atoms with van der Waals surface area (Å²) in [6.45, 7) is 6.50. The van der Waals surface area contributed by atoms with E-state index in [1.54, 1.807) is 17.9 Å². The average Bonchev–Trinajstić information content (AvgIpc) is 2.85. The van der Waals surface area contributed by atoms with Crippen molar-refractivity contribution in [1.29, 1.82) is 0 Å². The molecule has 1 atom stereocenters. The van der Waals surface area contributed by atoms with Gasteiger partial charge in [-0.05, 0) is 30.2 Å². The van der Waals surface area contributed by atoms with Crippen LogP contribution in [0.15, 0.2) is 36.7 Å². The Kier molecular flexibility index (Phi) is 6.36. The number of nitrogens with zero attached hydrogens (tertiary/aromatic N) is 2. The van der Waals surface area contributed by atoms with Crippen LogP contribution in [0.3, 0.4) is 0 Å². The van der Waals surface area contributed by atoms with E-state index >= 15 is 0 Å². The third-order valence-electron chi connectivity index (χ3n) is 3.63. The van der Waals surface area contributed by atoms with Gasteiger partial charge >= 0.3 is 0 Å². The zero-order valence-corrected chi connectivity index (χ0v) is 15.1. The number of halogens is 1. The van der Waals surface area contributed by atoms with Crippen LogP contribution < -0.4 is 10.6 Å². The van der Waals surface area contributed by atoms with Crippen molar-refractivity contribution >= 4 is 24.0 Å². The van der Waals surface area contributed by atoms with Crippen LogP contribution >= 0.6 is 12.4 Å². The van der Waals surface area contributed by atoms with Crippen molar-refractivity contribution in [1.82, 2.24) is 15.1 Å². The van der Waals surface area contributed by atoms with E-state index < -0.39 is 6.04 Å². The van der Waals surface area contributed by atoms with Crippen molar-refractivity contribution in [3.05, 3.63) is 47.8 Å². The molecule has 1 unspecified atom stereocenters. The zero-order valence-electron chi connectivity index (χ0n) is 14.3. The van der Waals surface area contributed by atoms with E-state index in [4.69, 9.17) is 0 Å². The van der Waals surface area contributed by atoms with Gasteiger partial charge in [-0.2, -0.15) is 5.10 Å². The van der Waals surface area contributed by atoms with Crippen LogP contribution in [-0.2, 0) is 17.3 Å². The third kappa shape index (κ3) is 4.81. The van der Waals surface area contributed by atoms with E-state index in [9.17, 15) is 4.79 Å². The first-order valence-electron chi connectivity index (χ1n) is 7.38. The monoisotopic (exact) mass is 336 g/mol. The van der Waals surface area contributed by atoms with E-state index in [1.807, 2.05) is 37.5 Å². The quantitative estimate of drug-likeness (QED) is 0.902. The highest BCUT2D eigenvalue weighted by Gasteiger charge is 2.20. The molecule has 1 aromatic carbocycles. The molecule has 6 heteroatoms. The number of carbonyl (C=O) groups is 1. The third-order valence-corrected chi connectivity index (χ3v) is 3.63. The van der Waals surface area contributed by atoms with E-state index in [0.717, 1.165) is 11.3 Å². The van der Waals surface area contributed by atoms with Gasteiger partial charge in [-0.25, -0.2) is 0 Å². The van der Waals surface area contributed by atoms with Crippen LogP contribution in [0, 0.1) is 0 Å². The lowest BCUT2D eigenvalue weighted by Crippen LogP contribution is -2.30. The molecule has 0 saturated carbocycles. The molecule has 5 nitrogen and oxygen atoms in total. The molecule has 0 bridgehead atoms. The van der Waals surface area contributed by atoms with Crippen LogP contribution in [0.2, 0.25) is 0 Å². The van der Waals surface area contributed by atoms with Crippen molar-refractivity contribution < 1.29 is 4.79 Å². The second-order valence-electron chi connectivity index (χ2n) is 6.49. The molecule has 2 aromatic rings. The minimum absolute atomic E-state index is 0. The molecular weight excluding hydrogens is 312 g/mol. The molecular formula is C17H25ClN4O. The molecule has 0 aliphatic carbocycles. The minimum Gasteiger partial charge on any atom is -0.324 e. The molecule has 1 amide bonds. The fourth-order valence-electron chi connectivity index (χ4n) is 2.31. The molecule has 2 rings (SSSR count). The lowest BCUT2D eigenvalue weighted by atomic mass is 9.87. The highest BCUT2D eigenvalue weighted by Crippen LogP contribution is 2.24. The molecule has 23 heavy (non-hydrogen) atoms. The highest BCUT2D eigenvalue weighted by atomic mass is 35.5. The summed E-state index contributed by atoms with van der Waals surface area (Å²) in [5, 5.41) is 10.1. The zero-order chi connectivity index (χ0) is 16.3. The maximum absolute atomic E-state index is 12.4. The maximum atomic E-state index is 12.4. The fraction of sp³-hybridized carbons (Fsp3) is 0.412. The van der Waals surface area contributed by atoms with Crippen molar-refractivity contribution in [3.63, 3.8) is 0 Å². The topological polar surface area (TPSA) is 59.0 Å². The van der Waals surface area contributed by atoms with Crippen molar-refractivity contribution in [2.24, 2.45) is 7.05 Å². The molecule has 0 aliphatic heterocycles. The number of likely N-dealkylation sites (N-methyl/N-ethyl adjacent to an activating group) is 1. The maximum Gasteiger partial charge on any atom is 0.246 e. The molecule has 0 saturated heterocycles. The van der Waals surface area contributed by atoms with Crippen LogP contribution in [0.1, 0.15) is 37.9 Å². The van der Waals surface area contributed by atoms with Gasteiger partial charge in [0.15, 0.2) is 0 Å². The first-order chi connectivity index (χ1) is 10.3. The van der Waals surface area contributed by atoms with Gasteiger partial charge in [0, 0.05) is 24.5 Å². The highest BCUT2D eigenvalue weighted by molar-refractivity contribution is 5.95. The fourth-order valence-corrected chi connectivity index (χ4v) is 2.31. The van der Waals surface area contributed by atoms with Gasteiger partial charge < -0.3 is 10.6 Å². The van der Waals surface area contributed by atoms with Gasteiger partial charge in [0.1, 0.15) is 6.04 Å². The first kappa shape index (κ1) is 19.2. The SMILES string of the molecule is CNC(C(=O)Nc1ccc(C(C)(C)C)cc1)c1cnn(C)c1.Cl. The van der Waals surface area contributed by atoms with Gasteiger partial charge in [0.25, 0.3) is 0 Å². The van der Waals surface area contributed by atoms with Gasteiger partial charge in [-0.1, -0.05) is 32.9 Å². The number of nitrogens with one attached hydrogen (secondary N) is 2. The number of carbonyl (C=O) groups excluding carboxylic acids is 1. The molecule has 0 spiro atoms. The number of anilines is 1. The standard InChI is InChI=1S/C17H24N4O.ClH/c1-17(2,3)13-6-8-14(9-7-13)20-16(22)15(18-4)12-10-19-21(5)11-12;/h6-11,15,18H,1-5H3,(H,20,22);1H. The molecule has 126 valence electrons. The Morgan fingerprint density at radius 2 is 1.83 bits per heavy atom. The molecule has 0 fully saturated rings. The minimum atomic E-state index is -0.420. The normalized spacial score (nSPS) is 12.4. The molecule has 0 radical (unpaired) electrons. The second-order valence-corrected chi connectivity index (χ2v) is 6.49. The Bertz CT molecular complexity index is 643. The Hall–Kier alpha value is -1.85. The summed E-state index contributed by atoms with van der Waals surface area (Å²) in [6, 6.07) is 7.56. The van der Waals surface area contributed by atoms with Crippen LogP contribution in [0.5, 0.6) is 0 Å². The van der Waals surface area contributed by atoms with Crippen LogP contribution in [0.4, 0.5) is 5.69 Å². The summed E-state index contributed by atoms with van der Waals surface area (Å²) in [5.41, 5.74) is 2.98. The lowest BCUT2D eigenvalue weighted by Gasteiger charge is -2.20. The van der Waals surface area contributed by atoms with E-state index in [0.29, 0.717) is 0 Å². The molecule has 2 N–H and O–H groups in total.